The van der Waals surface area contributed by atoms with Gasteiger partial charge in [-0.25, -0.2) is 4.79 Å². The lowest BCUT2D eigenvalue weighted by atomic mass is 10.1. The Bertz CT molecular complexity index is 927. The fourth-order valence-electron chi connectivity index (χ4n) is 3.00. The second kappa shape index (κ2) is 9.09. The van der Waals surface area contributed by atoms with Gasteiger partial charge in [0.15, 0.2) is 0 Å². The van der Waals surface area contributed by atoms with Gasteiger partial charge in [0.1, 0.15) is 18.1 Å². The Kier molecular flexibility index (Phi) is 6.33. The molecule has 1 aliphatic rings. The topological polar surface area (TPSA) is 105 Å². The normalized spacial score (nSPS) is 13.1. The van der Waals surface area contributed by atoms with Crippen LogP contribution in [0.15, 0.2) is 42.5 Å². The summed E-state index contributed by atoms with van der Waals surface area (Å²) in [6.45, 7) is 3.35. The van der Waals surface area contributed by atoms with E-state index < -0.39 is 12.1 Å². The van der Waals surface area contributed by atoms with Crippen LogP contribution in [-0.4, -0.2) is 47.7 Å². The second-order valence-corrected chi connectivity index (χ2v) is 6.54. The van der Waals surface area contributed by atoms with Gasteiger partial charge in [-0.2, -0.15) is 0 Å². The summed E-state index contributed by atoms with van der Waals surface area (Å²) in [4.78, 5) is 36.5. The molecule has 8 heteroatoms. The molecule has 1 saturated heterocycles. The number of carboxylic acid groups (broad SMARTS) is 1. The fourth-order valence-corrected chi connectivity index (χ4v) is 3.00. The Balaban J connectivity index is 1.89. The lowest BCUT2D eigenvalue weighted by Gasteiger charge is -2.17. The molecule has 1 aliphatic heterocycles. The van der Waals surface area contributed by atoms with Gasteiger partial charge in [-0.1, -0.05) is 12.1 Å². The van der Waals surface area contributed by atoms with Crippen molar-refractivity contribution in [3.8, 4) is 11.5 Å². The summed E-state index contributed by atoms with van der Waals surface area (Å²) in [5.41, 5.74) is 1.72. The van der Waals surface area contributed by atoms with Crippen molar-refractivity contribution in [3.63, 3.8) is 0 Å². The third-order valence-electron chi connectivity index (χ3n) is 4.35. The predicted molar refractivity (Wildman–Crippen MR) is 104 cm³/mol. The number of cyclic esters (lactones) is 1. The number of nitrogens with one attached hydrogen (secondary N) is 1. The maximum atomic E-state index is 12.2. The molecule has 0 unspecified atom stereocenters. The van der Waals surface area contributed by atoms with Crippen LogP contribution in [0.3, 0.4) is 0 Å². The summed E-state index contributed by atoms with van der Waals surface area (Å²) in [5.74, 6) is -0.195. The number of hydrogen-bond donors (Lipinski definition) is 2. The van der Waals surface area contributed by atoms with Crippen LogP contribution in [0, 0.1) is 0 Å². The van der Waals surface area contributed by atoms with Crippen LogP contribution in [0.4, 0.5) is 4.79 Å². The molecule has 2 aromatic rings. The third kappa shape index (κ3) is 5.25. The average molecular weight is 398 g/mol. The molecule has 0 atom stereocenters. The van der Waals surface area contributed by atoms with Crippen molar-refractivity contribution < 1.29 is 29.0 Å². The van der Waals surface area contributed by atoms with Crippen molar-refractivity contribution in [2.45, 2.75) is 19.9 Å². The van der Waals surface area contributed by atoms with E-state index in [1.807, 2.05) is 6.92 Å². The summed E-state index contributed by atoms with van der Waals surface area (Å²) in [6, 6.07) is 11.8. The van der Waals surface area contributed by atoms with Crippen LogP contribution in [0.5, 0.6) is 11.5 Å². The van der Waals surface area contributed by atoms with Crippen LogP contribution in [0.2, 0.25) is 0 Å². The minimum Gasteiger partial charge on any atom is -0.481 e. The molecule has 29 heavy (non-hydrogen) atoms. The molecule has 1 heterocycles. The van der Waals surface area contributed by atoms with Crippen LogP contribution in [0.25, 0.3) is 0 Å². The molecule has 2 amide bonds. The lowest BCUT2D eigenvalue weighted by Crippen LogP contribution is -2.25. The highest BCUT2D eigenvalue weighted by atomic mass is 16.6. The molecule has 0 aromatic heterocycles. The largest absolute Gasteiger partial charge is 0.481 e. The van der Waals surface area contributed by atoms with Gasteiger partial charge in [-0.05, 0) is 42.8 Å². The summed E-state index contributed by atoms with van der Waals surface area (Å²) < 4.78 is 10.9. The highest BCUT2D eigenvalue weighted by molar-refractivity contribution is 5.94. The van der Waals surface area contributed by atoms with Gasteiger partial charge in [-0.15, -0.1) is 0 Å². The highest BCUT2D eigenvalue weighted by Gasteiger charge is 2.24. The van der Waals surface area contributed by atoms with Gasteiger partial charge < -0.3 is 24.8 Å². The van der Waals surface area contributed by atoms with Gasteiger partial charge in [0, 0.05) is 17.7 Å². The molecule has 0 aliphatic carbocycles. The molecule has 2 aromatic carbocycles. The number of benzene rings is 2. The van der Waals surface area contributed by atoms with Crippen molar-refractivity contribution in [3.05, 3.63) is 59.2 Å². The maximum absolute atomic E-state index is 12.2. The van der Waals surface area contributed by atoms with E-state index in [4.69, 9.17) is 14.6 Å². The molecule has 3 rings (SSSR count). The molecule has 2 N–H and O–H groups in total. The average Bonchev–Trinajstić information content (AvgIpc) is 3.08. The molecular formula is C21H22N2O6. The first-order valence-corrected chi connectivity index (χ1v) is 9.27. The lowest BCUT2D eigenvalue weighted by molar-refractivity contribution is -0.136. The van der Waals surface area contributed by atoms with E-state index in [9.17, 15) is 14.4 Å². The van der Waals surface area contributed by atoms with Gasteiger partial charge in [-0.3, -0.25) is 9.59 Å². The Hall–Kier alpha value is -3.55. The standard InChI is InChI=1S/C21H22N2O6/c1-2-22-20(26)15-6-7-18(16(12-15)13-23-8-9-28-21(23)27)29-17-5-3-4-14(10-17)11-19(24)25/h3-7,10,12H,2,8-9,11,13H2,1H3,(H,22,26)(H,24,25). The quantitative estimate of drug-likeness (QED) is 0.708. The Morgan fingerprint density at radius 1 is 1.24 bits per heavy atom. The Labute approximate surface area is 168 Å². The molecule has 0 bridgehead atoms. The fraction of sp³-hybridized carbons (Fsp3) is 0.286. The number of ether oxygens (including phenoxy) is 2. The van der Waals surface area contributed by atoms with E-state index in [0.717, 1.165) is 0 Å². The number of aliphatic carboxylic acids is 1. The SMILES string of the molecule is CCNC(=O)c1ccc(Oc2cccc(CC(=O)O)c2)c(CN2CCOC2=O)c1. The molecular weight excluding hydrogens is 376 g/mol. The number of carboxylic acids is 1. The summed E-state index contributed by atoms with van der Waals surface area (Å²) >= 11 is 0. The van der Waals surface area contributed by atoms with E-state index in [2.05, 4.69) is 5.32 Å². The zero-order chi connectivity index (χ0) is 20.8. The molecule has 8 nitrogen and oxygen atoms in total. The highest BCUT2D eigenvalue weighted by Crippen LogP contribution is 2.29. The molecule has 0 saturated carbocycles. The smallest absolute Gasteiger partial charge is 0.410 e. The number of hydrogen-bond acceptors (Lipinski definition) is 5. The summed E-state index contributed by atoms with van der Waals surface area (Å²) in [5, 5.41) is 11.7. The first-order valence-electron chi connectivity index (χ1n) is 9.27. The number of nitrogens with zero attached hydrogens (tertiary/aromatic N) is 1. The number of carbonyl (C=O) groups is 3. The Morgan fingerprint density at radius 2 is 2.07 bits per heavy atom. The van der Waals surface area contributed by atoms with Crippen LogP contribution in [0.1, 0.15) is 28.4 Å². The number of carbonyl (C=O) groups excluding carboxylic acids is 2. The minimum absolute atomic E-state index is 0.111. The number of rotatable bonds is 8. The van der Waals surface area contributed by atoms with Crippen LogP contribution in [-0.2, 0) is 22.5 Å². The van der Waals surface area contributed by atoms with Gasteiger partial charge in [0.05, 0.1) is 19.5 Å². The van der Waals surface area contributed by atoms with Crippen LogP contribution >= 0.6 is 0 Å². The van der Waals surface area contributed by atoms with Crippen molar-refractivity contribution in [1.82, 2.24) is 10.2 Å². The summed E-state index contributed by atoms with van der Waals surface area (Å²) in [7, 11) is 0. The van der Waals surface area contributed by atoms with Crippen molar-refractivity contribution in [2.24, 2.45) is 0 Å². The van der Waals surface area contributed by atoms with E-state index in [0.29, 0.717) is 47.9 Å². The van der Waals surface area contributed by atoms with E-state index in [1.54, 1.807) is 42.5 Å². The van der Waals surface area contributed by atoms with Gasteiger partial charge in [0.25, 0.3) is 5.91 Å². The zero-order valence-electron chi connectivity index (χ0n) is 16.0. The van der Waals surface area contributed by atoms with Crippen molar-refractivity contribution >= 4 is 18.0 Å². The predicted octanol–water partition coefficient (Wildman–Crippen LogP) is 2.81. The molecule has 0 spiro atoms. The maximum Gasteiger partial charge on any atom is 0.410 e. The van der Waals surface area contributed by atoms with Gasteiger partial charge >= 0.3 is 12.1 Å². The monoisotopic (exact) mass is 398 g/mol. The first kappa shape index (κ1) is 20.2. The molecule has 1 fully saturated rings. The van der Waals surface area contributed by atoms with Gasteiger partial charge in [0.2, 0.25) is 0 Å². The molecule has 152 valence electrons. The zero-order valence-corrected chi connectivity index (χ0v) is 16.0. The Morgan fingerprint density at radius 3 is 2.76 bits per heavy atom. The first-order chi connectivity index (χ1) is 14.0. The van der Waals surface area contributed by atoms with E-state index in [1.165, 1.54) is 4.90 Å². The van der Waals surface area contributed by atoms with Crippen molar-refractivity contribution in [1.29, 1.82) is 0 Å². The third-order valence-corrected chi connectivity index (χ3v) is 4.35. The summed E-state index contributed by atoms with van der Waals surface area (Å²) in [6.07, 6.45) is -0.525. The number of amides is 2. The van der Waals surface area contributed by atoms with E-state index in [-0.39, 0.29) is 18.9 Å². The molecule has 0 radical (unpaired) electrons. The minimum atomic E-state index is -0.929. The van der Waals surface area contributed by atoms with Crippen molar-refractivity contribution in [2.75, 3.05) is 19.7 Å². The van der Waals surface area contributed by atoms with E-state index >= 15 is 0 Å². The van der Waals surface area contributed by atoms with Crippen LogP contribution < -0.4 is 10.1 Å². The second-order valence-electron chi connectivity index (χ2n) is 6.54.